The van der Waals surface area contributed by atoms with Crippen molar-refractivity contribution in [3.05, 3.63) is 76.8 Å². The van der Waals surface area contributed by atoms with Crippen molar-refractivity contribution in [3.8, 4) is 27.7 Å². The summed E-state index contributed by atoms with van der Waals surface area (Å²) in [5.41, 5.74) is 5.85. The van der Waals surface area contributed by atoms with E-state index in [2.05, 4.69) is 10.3 Å². The summed E-state index contributed by atoms with van der Waals surface area (Å²) in [6, 6.07) is 17.2. The molecule has 1 N–H and O–H groups in total. The number of hydrogen-bond donors (Lipinski definition) is 1. The number of benzene rings is 2. The van der Waals surface area contributed by atoms with Gasteiger partial charge in [-0.25, -0.2) is 4.98 Å². The van der Waals surface area contributed by atoms with Gasteiger partial charge in [-0.3, -0.25) is 19.5 Å². The third kappa shape index (κ3) is 4.79. The van der Waals surface area contributed by atoms with E-state index in [1.165, 1.54) is 4.90 Å². The number of ether oxygens (including phenoxy) is 1. The Labute approximate surface area is 207 Å². The number of fused-ring (bicyclic) bond motifs is 1. The van der Waals surface area contributed by atoms with Crippen LogP contribution in [0.1, 0.15) is 16.0 Å². The van der Waals surface area contributed by atoms with Crippen molar-refractivity contribution in [2.75, 3.05) is 23.4 Å². The molecule has 0 saturated heterocycles. The molecule has 0 radical (unpaired) electrons. The molecule has 0 spiro atoms. The van der Waals surface area contributed by atoms with Crippen molar-refractivity contribution in [2.24, 2.45) is 0 Å². The highest BCUT2D eigenvalue weighted by Crippen LogP contribution is 2.39. The molecule has 0 bridgehead atoms. The molecule has 0 aliphatic carbocycles. The Kier molecular flexibility index (Phi) is 6.05. The highest BCUT2D eigenvalue weighted by atomic mass is 32.1. The van der Waals surface area contributed by atoms with Crippen molar-refractivity contribution < 1.29 is 14.3 Å². The SMILES string of the molecule is Cc1cc(C)cc(NC(=O)CN2C(=O)COc3ccc(-c4nc(-c5ccccn5)sc4C)cc32)c1. The Bertz CT molecular complexity index is 1410. The molecular formula is C27H24N4O3S. The van der Waals surface area contributed by atoms with Crippen molar-refractivity contribution in [3.63, 3.8) is 0 Å². The van der Waals surface area contributed by atoms with Crippen LogP contribution in [0.2, 0.25) is 0 Å². The zero-order chi connectivity index (χ0) is 24.5. The Morgan fingerprint density at radius 2 is 1.89 bits per heavy atom. The van der Waals surface area contributed by atoms with Gasteiger partial charge in [0.25, 0.3) is 5.91 Å². The summed E-state index contributed by atoms with van der Waals surface area (Å²) in [5, 5.41) is 3.73. The van der Waals surface area contributed by atoms with Crippen LogP contribution < -0.4 is 15.0 Å². The number of carbonyl (C=O) groups is 2. The molecule has 2 aromatic carbocycles. The van der Waals surface area contributed by atoms with Gasteiger partial charge < -0.3 is 10.1 Å². The summed E-state index contributed by atoms with van der Waals surface area (Å²) in [6.07, 6.45) is 1.74. The number of aromatic nitrogens is 2. The summed E-state index contributed by atoms with van der Waals surface area (Å²) in [6.45, 7) is 5.75. The van der Waals surface area contributed by atoms with E-state index in [0.29, 0.717) is 17.1 Å². The van der Waals surface area contributed by atoms with E-state index in [1.54, 1.807) is 17.5 Å². The Hall–Kier alpha value is -4.04. The number of anilines is 2. The first kappa shape index (κ1) is 22.7. The lowest BCUT2D eigenvalue weighted by Gasteiger charge is -2.29. The first-order valence-corrected chi connectivity index (χ1v) is 12.0. The van der Waals surface area contributed by atoms with E-state index in [0.717, 1.165) is 38.0 Å². The number of hydrogen-bond acceptors (Lipinski definition) is 6. The maximum absolute atomic E-state index is 12.9. The molecule has 0 saturated carbocycles. The molecule has 0 atom stereocenters. The minimum absolute atomic E-state index is 0.108. The van der Waals surface area contributed by atoms with Gasteiger partial charge in [-0.05, 0) is 74.4 Å². The van der Waals surface area contributed by atoms with Gasteiger partial charge in [0.15, 0.2) is 6.61 Å². The van der Waals surface area contributed by atoms with Crippen LogP contribution in [0, 0.1) is 20.8 Å². The second kappa shape index (κ2) is 9.31. The Balaban J connectivity index is 1.43. The molecule has 176 valence electrons. The number of carbonyl (C=O) groups excluding carboxylic acids is 2. The molecule has 4 aromatic rings. The second-order valence-electron chi connectivity index (χ2n) is 8.51. The molecular weight excluding hydrogens is 460 g/mol. The average Bonchev–Trinajstić information content (AvgIpc) is 3.22. The minimum Gasteiger partial charge on any atom is -0.482 e. The van der Waals surface area contributed by atoms with Gasteiger partial charge in [-0.15, -0.1) is 11.3 Å². The van der Waals surface area contributed by atoms with E-state index < -0.39 is 0 Å². The van der Waals surface area contributed by atoms with Crippen LogP contribution in [-0.2, 0) is 9.59 Å². The van der Waals surface area contributed by atoms with Crippen molar-refractivity contribution in [1.82, 2.24) is 9.97 Å². The van der Waals surface area contributed by atoms with E-state index in [4.69, 9.17) is 9.72 Å². The lowest BCUT2D eigenvalue weighted by atomic mass is 10.1. The van der Waals surface area contributed by atoms with Gasteiger partial charge in [-0.2, -0.15) is 0 Å². The molecule has 0 unspecified atom stereocenters. The fourth-order valence-corrected chi connectivity index (χ4v) is 5.09. The van der Waals surface area contributed by atoms with E-state index in [-0.39, 0.29) is 25.0 Å². The molecule has 8 heteroatoms. The highest BCUT2D eigenvalue weighted by Gasteiger charge is 2.28. The molecule has 2 amide bonds. The van der Waals surface area contributed by atoms with Crippen LogP contribution in [0.15, 0.2) is 60.8 Å². The fraction of sp³-hybridized carbons (Fsp3) is 0.185. The predicted octanol–water partition coefficient (Wildman–Crippen LogP) is 5.16. The monoisotopic (exact) mass is 484 g/mol. The number of nitrogens with zero attached hydrogens (tertiary/aromatic N) is 3. The number of aryl methyl sites for hydroxylation is 3. The number of amides is 2. The van der Waals surface area contributed by atoms with E-state index in [9.17, 15) is 9.59 Å². The van der Waals surface area contributed by atoms with Crippen LogP contribution in [-0.4, -0.2) is 34.9 Å². The van der Waals surface area contributed by atoms with Crippen LogP contribution >= 0.6 is 11.3 Å². The quantitative estimate of drug-likeness (QED) is 0.423. The van der Waals surface area contributed by atoms with Gasteiger partial charge >= 0.3 is 0 Å². The summed E-state index contributed by atoms with van der Waals surface area (Å²) in [4.78, 5) is 37.3. The first-order valence-electron chi connectivity index (χ1n) is 11.2. The topological polar surface area (TPSA) is 84.4 Å². The molecule has 5 rings (SSSR count). The van der Waals surface area contributed by atoms with E-state index in [1.807, 2.05) is 75.4 Å². The second-order valence-corrected chi connectivity index (χ2v) is 9.72. The zero-order valence-corrected chi connectivity index (χ0v) is 20.5. The summed E-state index contributed by atoms with van der Waals surface area (Å²) in [5.74, 6) is 0.0173. The summed E-state index contributed by atoms with van der Waals surface area (Å²) >= 11 is 1.57. The maximum atomic E-state index is 12.9. The average molecular weight is 485 g/mol. The normalized spacial score (nSPS) is 12.8. The summed E-state index contributed by atoms with van der Waals surface area (Å²) < 4.78 is 5.64. The number of thiazole rings is 1. The lowest BCUT2D eigenvalue weighted by molar-refractivity contribution is -0.123. The van der Waals surface area contributed by atoms with Crippen LogP contribution in [0.3, 0.4) is 0 Å². The number of pyridine rings is 1. The third-order valence-corrected chi connectivity index (χ3v) is 6.66. The minimum atomic E-state index is -0.274. The molecule has 35 heavy (non-hydrogen) atoms. The smallest absolute Gasteiger partial charge is 0.265 e. The zero-order valence-electron chi connectivity index (χ0n) is 19.7. The van der Waals surface area contributed by atoms with Crippen molar-refractivity contribution >= 4 is 34.5 Å². The van der Waals surface area contributed by atoms with Gasteiger partial charge in [-0.1, -0.05) is 12.1 Å². The summed E-state index contributed by atoms with van der Waals surface area (Å²) in [7, 11) is 0. The van der Waals surface area contributed by atoms with Gasteiger partial charge in [0.2, 0.25) is 5.91 Å². The Morgan fingerprint density at radius 1 is 1.09 bits per heavy atom. The van der Waals surface area contributed by atoms with Crippen LogP contribution in [0.5, 0.6) is 5.75 Å². The van der Waals surface area contributed by atoms with Crippen molar-refractivity contribution in [2.45, 2.75) is 20.8 Å². The predicted molar refractivity (Wildman–Crippen MR) is 138 cm³/mol. The number of nitrogens with one attached hydrogen (secondary N) is 1. The maximum Gasteiger partial charge on any atom is 0.265 e. The molecule has 3 heterocycles. The standard InChI is InChI=1S/C27H24N4O3S/c1-16-10-17(2)12-20(11-16)29-24(32)14-31-22-13-19(7-8-23(22)34-15-25(31)33)26-18(3)35-27(30-26)21-6-4-5-9-28-21/h4-13H,14-15H2,1-3H3,(H,29,32). The molecule has 0 fully saturated rings. The van der Waals surface area contributed by atoms with Crippen LogP contribution in [0.25, 0.3) is 22.0 Å². The fourth-order valence-electron chi connectivity index (χ4n) is 4.18. The van der Waals surface area contributed by atoms with Crippen LogP contribution in [0.4, 0.5) is 11.4 Å². The number of rotatable bonds is 5. The molecule has 7 nitrogen and oxygen atoms in total. The van der Waals surface area contributed by atoms with Crippen molar-refractivity contribution in [1.29, 1.82) is 0 Å². The third-order valence-electron chi connectivity index (χ3n) is 5.66. The highest BCUT2D eigenvalue weighted by molar-refractivity contribution is 7.15. The van der Waals surface area contributed by atoms with Gasteiger partial charge in [0.1, 0.15) is 17.3 Å². The lowest BCUT2D eigenvalue weighted by Crippen LogP contribution is -2.43. The van der Waals surface area contributed by atoms with E-state index >= 15 is 0 Å². The molecule has 1 aliphatic heterocycles. The molecule has 1 aliphatic rings. The van der Waals surface area contributed by atoms with Gasteiger partial charge in [0.05, 0.1) is 17.1 Å². The van der Waals surface area contributed by atoms with Gasteiger partial charge in [0, 0.05) is 22.3 Å². The Morgan fingerprint density at radius 3 is 2.63 bits per heavy atom. The largest absolute Gasteiger partial charge is 0.482 e. The molecule has 2 aromatic heterocycles. The first-order chi connectivity index (χ1) is 16.9.